The Morgan fingerprint density at radius 3 is 2.68 bits per heavy atom. The van der Waals surface area contributed by atoms with Gasteiger partial charge < -0.3 is 15.1 Å². The molecule has 3 aromatic rings. The largest absolute Gasteiger partial charge is 0.442 e. The SMILES string of the molecule is Cc1oc2ncnc(NC3(C)CC3)c2c1C(=O)NCC1(c2cccc(F)c2)CCCC1. The molecule has 1 amide bonds. The van der Waals surface area contributed by atoms with Gasteiger partial charge >= 0.3 is 0 Å². The molecule has 2 aromatic heterocycles. The molecule has 0 unspecified atom stereocenters. The van der Waals surface area contributed by atoms with E-state index in [0.29, 0.717) is 34.8 Å². The summed E-state index contributed by atoms with van der Waals surface area (Å²) < 4.78 is 19.7. The lowest BCUT2D eigenvalue weighted by Gasteiger charge is -2.30. The molecule has 2 saturated carbocycles. The summed E-state index contributed by atoms with van der Waals surface area (Å²) in [4.78, 5) is 22.0. The first-order chi connectivity index (χ1) is 14.9. The zero-order valence-corrected chi connectivity index (χ0v) is 17.9. The zero-order valence-electron chi connectivity index (χ0n) is 17.9. The highest BCUT2D eigenvalue weighted by Gasteiger charge is 2.39. The smallest absolute Gasteiger partial charge is 0.255 e. The molecule has 0 radical (unpaired) electrons. The van der Waals surface area contributed by atoms with Crippen LogP contribution in [-0.2, 0) is 5.41 Å². The molecule has 7 heteroatoms. The third-order valence-electron chi connectivity index (χ3n) is 6.90. The van der Waals surface area contributed by atoms with E-state index in [1.165, 1.54) is 12.4 Å². The van der Waals surface area contributed by atoms with Gasteiger partial charge in [-0.1, -0.05) is 25.0 Å². The lowest BCUT2D eigenvalue weighted by atomic mass is 9.78. The molecule has 0 atom stereocenters. The fourth-order valence-corrected chi connectivity index (χ4v) is 4.79. The van der Waals surface area contributed by atoms with E-state index in [0.717, 1.165) is 44.1 Å². The summed E-state index contributed by atoms with van der Waals surface area (Å²) in [6, 6.07) is 6.77. The Hall–Kier alpha value is -2.96. The Morgan fingerprint density at radius 1 is 1.19 bits per heavy atom. The lowest BCUT2D eigenvalue weighted by molar-refractivity contribution is 0.0943. The first kappa shape index (κ1) is 20.0. The van der Waals surface area contributed by atoms with Crippen LogP contribution in [0.25, 0.3) is 11.1 Å². The number of anilines is 1. The Kier molecular flexibility index (Phi) is 4.72. The molecular weight excluding hydrogens is 395 g/mol. The second-order valence-corrected chi connectivity index (χ2v) is 9.30. The van der Waals surface area contributed by atoms with Crippen molar-refractivity contribution >= 4 is 22.8 Å². The number of fused-ring (bicyclic) bond motifs is 1. The Morgan fingerprint density at radius 2 is 1.97 bits per heavy atom. The summed E-state index contributed by atoms with van der Waals surface area (Å²) in [6.07, 6.45) is 7.58. The number of halogens is 1. The predicted octanol–water partition coefficient (Wildman–Crippen LogP) is 4.88. The van der Waals surface area contributed by atoms with Crippen molar-refractivity contribution in [3.05, 3.63) is 53.3 Å². The third kappa shape index (κ3) is 3.66. The fourth-order valence-electron chi connectivity index (χ4n) is 4.79. The molecule has 2 aliphatic carbocycles. The lowest BCUT2D eigenvalue weighted by Crippen LogP contribution is -2.39. The Bertz CT molecular complexity index is 1150. The van der Waals surface area contributed by atoms with Gasteiger partial charge in [0.1, 0.15) is 23.7 Å². The van der Waals surface area contributed by atoms with E-state index in [2.05, 4.69) is 27.5 Å². The molecule has 6 nitrogen and oxygen atoms in total. The van der Waals surface area contributed by atoms with Gasteiger partial charge in [-0.2, -0.15) is 0 Å². The number of carbonyl (C=O) groups excluding carboxylic acids is 1. The monoisotopic (exact) mass is 422 g/mol. The normalized spacial score (nSPS) is 18.8. The number of amides is 1. The van der Waals surface area contributed by atoms with Crippen molar-refractivity contribution in [2.75, 3.05) is 11.9 Å². The van der Waals surface area contributed by atoms with Crippen molar-refractivity contribution in [3.8, 4) is 0 Å². The van der Waals surface area contributed by atoms with Crippen LogP contribution in [0.5, 0.6) is 0 Å². The third-order valence-corrected chi connectivity index (χ3v) is 6.90. The maximum atomic E-state index is 13.9. The predicted molar refractivity (Wildman–Crippen MR) is 117 cm³/mol. The number of hydrogen-bond donors (Lipinski definition) is 2. The van der Waals surface area contributed by atoms with Gasteiger partial charge in [0.2, 0.25) is 5.71 Å². The number of furan rings is 1. The van der Waals surface area contributed by atoms with E-state index >= 15 is 0 Å². The van der Waals surface area contributed by atoms with Gasteiger partial charge in [-0.3, -0.25) is 4.79 Å². The van der Waals surface area contributed by atoms with Gasteiger partial charge in [0.05, 0.1) is 10.9 Å². The van der Waals surface area contributed by atoms with Crippen LogP contribution in [0.2, 0.25) is 0 Å². The number of aryl methyl sites for hydroxylation is 1. The number of nitrogens with one attached hydrogen (secondary N) is 2. The average Bonchev–Trinajstić information content (AvgIpc) is 3.14. The van der Waals surface area contributed by atoms with Crippen LogP contribution in [-0.4, -0.2) is 28.0 Å². The van der Waals surface area contributed by atoms with E-state index in [-0.39, 0.29) is 22.7 Å². The van der Waals surface area contributed by atoms with E-state index in [1.54, 1.807) is 19.1 Å². The van der Waals surface area contributed by atoms with Crippen molar-refractivity contribution in [2.45, 2.75) is 63.3 Å². The van der Waals surface area contributed by atoms with Crippen molar-refractivity contribution in [3.63, 3.8) is 0 Å². The van der Waals surface area contributed by atoms with Gasteiger partial charge in [-0.05, 0) is 57.2 Å². The van der Waals surface area contributed by atoms with Crippen LogP contribution in [0.15, 0.2) is 35.0 Å². The molecule has 31 heavy (non-hydrogen) atoms. The highest BCUT2D eigenvalue weighted by Crippen LogP contribution is 2.42. The van der Waals surface area contributed by atoms with E-state index in [9.17, 15) is 9.18 Å². The van der Waals surface area contributed by atoms with Crippen LogP contribution in [0.1, 0.15) is 67.1 Å². The Balaban J connectivity index is 1.44. The molecule has 2 aliphatic rings. The molecule has 2 heterocycles. The van der Waals surface area contributed by atoms with Crippen molar-refractivity contribution in [1.29, 1.82) is 0 Å². The number of rotatable bonds is 6. The Labute approximate surface area is 180 Å². The minimum absolute atomic E-state index is 0.00545. The highest BCUT2D eigenvalue weighted by molar-refractivity contribution is 6.10. The van der Waals surface area contributed by atoms with Gasteiger partial charge in [0.15, 0.2) is 0 Å². The molecule has 0 spiro atoms. The van der Waals surface area contributed by atoms with Crippen molar-refractivity contribution in [2.24, 2.45) is 0 Å². The minimum atomic E-state index is -0.246. The standard InChI is InChI=1S/C24H27FN4O2/c1-15-18(19-20(29-23(2)10-11-23)27-14-28-22(19)31-15)21(30)26-13-24(8-3-4-9-24)16-6-5-7-17(25)12-16/h5-7,12,14H,3-4,8-11,13H2,1-2H3,(H,26,30)(H,27,28,29). The van der Waals surface area contributed by atoms with Gasteiger partial charge in [-0.15, -0.1) is 0 Å². The van der Waals surface area contributed by atoms with Gasteiger partial charge in [0.25, 0.3) is 5.91 Å². The second-order valence-electron chi connectivity index (χ2n) is 9.30. The van der Waals surface area contributed by atoms with E-state index in [4.69, 9.17) is 4.42 Å². The van der Waals surface area contributed by atoms with Crippen LogP contribution < -0.4 is 10.6 Å². The molecule has 5 rings (SSSR count). The summed E-state index contributed by atoms with van der Waals surface area (Å²) in [5, 5.41) is 7.19. The highest BCUT2D eigenvalue weighted by atomic mass is 19.1. The van der Waals surface area contributed by atoms with Crippen molar-refractivity contribution in [1.82, 2.24) is 15.3 Å². The summed E-state index contributed by atoms with van der Waals surface area (Å²) in [5.74, 6) is 0.696. The summed E-state index contributed by atoms with van der Waals surface area (Å²) in [7, 11) is 0. The van der Waals surface area contributed by atoms with E-state index in [1.807, 2.05) is 6.07 Å². The summed E-state index contributed by atoms with van der Waals surface area (Å²) in [6.45, 7) is 4.36. The van der Waals surface area contributed by atoms with Crippen LogP contribution in [0, 0.1) is 12.7 Å². The molecule has 2 N–H and O–H groups in total. The topological polar surface area (TPSA) is 80.1 Å². The van der Waals surface area contributed by atoms with Crippen LogP contribution >= 0.6 is 0 Å². The number of benzene rings is 1. The van der Waals surface area contributed by atoms with E-state index < -0.39 is 0 Å². The summed E-state index contributed by atoms with van der Waals surface area (Å²) >= 11 is 0. The average molecular weight is 423 g/mol. The molecular formula is C24H27FN4O2. The van der Waals surface area contributed by atoms with Crippen LogP contribution in [0.3, 0.4) is 0 Å². The fraction of sp³-hybridized carbons (Fsp3) is 0.458. The quantitative estimate of drug-likeness (QED) is 0.592. The number of hydrogen-bond acceptors (Lipinski definition) is 5. The second kappa shape index (κ2) is 7.32. The molecule has 0 bridgehead atoms. The van der Waals surface area contributed by atoms with Crippen molar-refractivity contribution < 1.29 is 13.6 Å². The maximum Gasteiger partial charge on any atom is 0.255 e. The van der Waals surface area contributed by atoms with Gasteiger partial charge in [0, 0.05) is 17.5 Å². The number of carbonyl (C=O) groups is 1. The maximum absolute atomic E-state index is 13.9. The van der Waals surface area contributed by atoms with Gasteiger partial charge in [-0.25, -0.2) is 14.4 Å². The molecule has 2 fully saturated rings. The number of aromatic nitrogens is 2. The first-order valence-corrected chi connectivity index (χ1v) is 11.0. The first-order valence-electron chi connectivity index (χ1n) is 11.0. The molecule has 1 aromatic carbocycles. The molecule has 0 aliphatic heterocycles. The molecule has 162 valence electrons. The minimum Gasteiger partial charge on any atom is -0.442 e. The molecule has 0 saturated heterocycles. The zero-order chi connectivity index (χ0) is 21.6. The number of nitrogens with zero attached hydrogens (tertiary/aromatic N) is 2. The van der Waals surface area contributed by atoms with Crippen LogP contribution in [0.4, 0.5) is 10.2 Å². The summed E-state index contributed by atoms with van der Waals surface area (Å²) in [5.41, 5.74) is 1.58.